The number of imidazole rings is 1. The van der Waals surface area contributed by atoms with E-state index in [-0.39, 0.29) is 0 Å². The SMILES string of the molecule is CCN(C)C.NC(=O)c1nc2n(c1CN1CCCC1)C1CC(C1)c1ccc(C#CC(O)C=O)cc1-2. The van der Waals surface area contributed by atoms with Gasteiger partial charge in [0.15, 0.2) is 18.1 Å². The molecule has 0 radical (unpaired) electrons. The van der Waals surface area contributed by atoms with Crippen molar-refractivity contribution >= 4 is 12.2 Å². The van der Waals surface area contributed by atoms with Crippen LogP contribution in [0.4, 0.5) is 0 Å². The summed E-state index contributed by atoms with van der Waals surface area (Å²) >= 11 is 0. The number of rotatable bonds is 5. The van der Waals surface area contributed by atoms with E-state index in [4.69, 9.17) is 10.7 Å². The molecule has 4 aliphatic rings. The van der Waals surface area contributed by atoms with Gasteiger partial charge in [0.2, 0.25) is 0 Å². The van der Waals surface area contributed by atoms with Crippen LogP contribution in [-0.4, -0.2) is 76.5 Å². The Hall–Kier alpha value is -2.99. The third-order valence-corrected chi connectivity index (χ3v) is 7.15. The van der Waals surface area contributed by atoms with Crippen molar-refractivity contribution in [2.45, 2.75) is 57.2 Å². The van der Waals surface area contributed by atoms with Crippen LogP contribution in [0.2, 0.25) is 0 Å². The Labute approximate surface area is 207 Å². The number of aliphatic hydroxyl groups excluding tert-OH is 1. The minimum Gasteiger partial charge on any atom is -0.373 e. The van der Waals surface area contributed by atoms with E-state index in [1.165, 1.54) is 18.4 Å². The molecule has 1 saturated heterocycles. The highest BCUT2D eigenvalue weighted by Gasteiger charge is 2.41. The molecule has 1 amide bonds. The molecule has 4 heterocycles. The molecule has 8 nitrogen and oxygen atoms in total. The zero-order valence-corrected chi connectivity index (χ0v) is 20.8. The lowest BCUT2D eigenvalue weighted by Crippen LogP contribution is -2.28. The number of carbonyl (C=O) groups is 2. The van der Waals surface area contributed by atoms with Crippen LogP contribution in [0.25, 0.3) is 11.4 Å². The third-order valence-electron chi connectivity index (χ3n) is 7.15. The van der Waals surface area contributed by atoms with Crippen molar-refractivity contribution in [2.75, 3.05) is 33.7 Å². The van der Waals surface area contributed by atoms with Crippen LogP contribution in [0.1, 0.15) is 71.9 Å². The standard InChI is InChI=1S/C23H24N4O3.C4H11N/c24-22(30)21-20(12-26-7-1-2-8-26)27-16-10-15(11-16)18-6-4-14(3-5-17(29)13-28)9-19(18)23(27)25-21;1-4-5(2)3/h4,6,9,13,15-17,29H,1-2,7-8,10-12H2,(H2,24,30);4H2,1-3H3. The van der Waals surface area contributed by atoms with Gasteiger partial charge in [0.25, 0.3) is 5.91 Å². The Kier molecular flexibility index (Phi) is 7.70. The van der Waals surface area contributed by atoms with Gasteiger partial charge in [-0.05, 0) is 83.0 Å². The molecule has 186 valence electrons. The number of benzene rings is 1. The molecule has 35 heavy (non-hydrogen) atoms. The molecule has 3 aliphatic heterocycles. The topological polar surface area (TPSA) is 105 Å². The van der Waals surface area contributed by atoms with E-state index in [0.29, 0.717) is 36.0 Å². The van der Waals surface area contributed by atoms with Crippen LogP contribution in [0, 0.1) is 11.8 Å². The molecule has 6 rings (SSSR count). The lowest BCUT2D eigenvalue weighted by atomic mass is 9.75. The summed E-state index contributed by atoms with van der Waals surface area (Å²) in [4.78, 5) is 32.1. The van der Waals surface area contributed by atoms with E-state index in [1.54, 1.807) is 0 Å². The number of nitrogens with zero attached hydrogens (tertiary/aromatic N) is 4. The molecule has 2 fully saturated rings. The quantitative estimate of drug-likeness (QED) is 0.505. The van der Waals surface area contributed by atoms with Crippen molar-refractivity contribution in [3.8, 4) is 23.2 Å². The van der Waals surface area contributed by atoms with E-state index in [0.717, 1.165) is 49.6 Å². The first-order chi connectivity index (χ1) is 16.8. The highest BCUT2D eigenvalue weighted by Crippen LogP contribution is 2.53. The zero-order valence-electron chi connectivity index (χ0n) is 20.8. The number of aliphatic hydroxyl groups is 1. The van der Waals surface area contributed by atoms with Crippen molar-refractivity contribution in [1.82, 2.24) is 19.4 Å². The summed E-state index contributed by atoms with van der Waals surface area (Å²) in [5.41, 5.74) is 9.88. The molecule has 3 N–H and O–H groups in total. The molecule has 1 saturated carbocycles. The van der Waals surface area contributed by atoms with Gasteiger partial charge in [-0.25, -0.2) is 4.98 Å². The second-order valence-corrected chi connectivity index (χ2v) is 9.82. The molecular formula is C27H35N5O3. The predicted molar refractivity (Wildman–Crippen MR) is 135 cm³/mol. The first kappa shape index (κ1) is 25.1. The summed E-state index contributed by atoms with van der Waals surface area (Å²) in [6.45, 7) is 6.01. The smallest absolute Gasteiger partial charge is 0.269 e. The van der Waals surface area contributed by atoms with E-state index in [1.807, 2.05) is 12.1 Å². The Morgan fingerprint density at radius 3 is 2.60 bits per heavy atom. The molecule has 0 spiro atoms. The minimum absolute atomic E-state index is 0.321. The van der Waals surface area contributed by atoms with E-state index >= 15 is 0 Å². The average Bonchev–Trinajstić information content (AvgIpc) is 3.41. The zero-order chi connectivity index (χ0) is 25.1. The monoisotopic (exact) mass is 477 g/mol. The number of likely N-dealkylation sites (tertiary alicyclic amines) is 1. The maximum Gasteiger partial charge on any atom is 0.269 e. The second-order valence-electron chi connectivity index (χ2n) is 9.82. The van der Waals surface area contributed by atoms with Crippen LogP contribution in [0.5, 0.6) is 0 Å². The first-order valence-electron chi connectivity index (χ1n) is 12.4. The highest BCUT2D eigenvalue weighted by molar-refractivity contribution is 5.93. The molecule has 1 atom stereocenters. The molecule has 2 bridgehead atoms. The Balaban J connectivity index is 0.000000527. The highest BCUT2D eigenvalue weighted by atomic mass is 16.3. The summed E-state index contributed by atoms with van der Waals surface area (Å²) < 4.78 is 2.23. The van der Waals surface area contributed by atoms with Gasteiger partial charge in [0, 0.05) is 23.7 Å². The van der Waals surface area contributed by atoms with Gasteiger partial charge in [-0.2, -0.15) is 0 Å². The fourth-order valence-corrected chi connectivity index (χ4v) is 4.98. The molecule has 8 heteroatoms. The van der Waals surface area contributed by atoms with Crippen molar-refractivity contribution < 1.29 is 14.7 Å². The Morgan fingerprint density at radius 2 is 2.00 bits per heavy atom. The second kappa shape index (κ2) is 10.7. The van der Waals surface area contributed by atoms with Gasteiger partial charge >= 0.3 is 0 Å². The van der Waals surface area contributed by atoms with E-state index in [9.17, 15) is 14.7 Å². The molecule has 1 aromatic heterocycles. The Morgan fingerprint density at radius 1 is 1.31 bits per heavy atom. The molecule has 2 aromatic rings. The number of aldehydes is 1. The number of hydrogen-bond acceptors (Lipinski definition) is 6. The number of amides is 1. The van der Waals surface area contributed by atoms with Gasteiger partial charge in [0.1, 0.15) is 5.82 Å². The lowest BCUT2D eigenvalue weighted by Gasteiger charge is -2.36. The molecule has 1 unspecified atom stereocenters. The fraction of sp³-hybridized carbons (Fsp3) is 0.519. The third kappa shape index (κ3) is 5.32. The van der Waals surface area contributed by atoms with E-state index < -0.39 is 12.0 Å². The van der Waals surface area contributed by atoms with Crippen LogP contribution < -0.4 is 5.73 Å². The lowest BCUT2D eigenvalue weighted by molar-refractivity contribution is -0.112. The molecule has 1 aliphatic carbocycles. The van der Waals surface area contributed by atoms with Crippen molar-refractivity contribution in [1.29, 1.82) is 0 Å². The van der Waals surface area contributed by atoms with Crippen LogP contribution in [-0.2, 0) is 11.3 Å². The number of hydrogen-bond donors (Lipinski definition) is 2. The number of carbonyl (C=O) groups excluding carboxylic acids is 2. The summed E-state index contributed by atoms with van der Waals surface area (Å²) in [7, 11) is 4.11. The minimum atomic E-state index is -1.30. The molecular weight excluding hydrogens is 442 g/mol. The number of nitrogens with two attached hydrogens (primary N) is 1. The largest absolute Gasteiger partial charge is 0.373 e. The summed E-state index contributed by atoms with van der Waals surface area (Å²) in [5, 5.41) is 9.43. The number of primary amides is 1. The maximum atomic E-state index is 12.3. The van der Waals surface area contributed by atoms with Gasteiger partial charge in [-0.15, -0.1) is 0 Å². The molecule has 1 aromatic carbocycles. The van der Waals surface area contributed by atoms with Crippen molar-refractivity contribution in [3.05, 3.63) is 40.7 Å². The Bertz CT molecular complexity index is 1150. The first-order valence-corrected chi connectivity index (χ1v) is 12.4. The maximum absolute atomic E-state index is 12.3. The van der Waals surface area contributed by atoms with Crippen LogP contribution in [0.3, 0.4) is 0 Å². The number of aromatic nitrogens is 2. The summed E-state index contributed by atoms with van der Waals surface area (Å²) in [6, 6.07) is 6.24. The van der Waals surface area contributed by atoms with Crippen LogP contribution in [0.15, 0.2) is 18.2 Å². The average molecular weight is 478 g/mol. The summed E-state index contributed by atoms with van der Waals surface area (Å²) in [5.74, 6) is 6.14. The van der Waals surface area contributed by atoms with E-state index in [2.05, 4.69) is 53.3 Å². The van der Waals surface area contributed by atoms with Gasteiger partial charge < -0.3 is 20.3 Å². The van der Waals surface area contributed by atoms with Gasteiger partial charge in [-0.3, -0.25) is 14.5 Å². The van der Waals surface area contributed by atoms with Crippen LogP contribution >= 0.6 is 0 Å². The van der Waals surface area contributed by atoms with Crippen molar-refractivity contribution in [2.24, 2.45) is 5.73 Å². The normalized spacial score (nSPS) is 20.8. The fourth-order valence-electron chi connectivity index (χ4n) is 4.98. The van der Waals surface area contributed by atoms with Crippen molar-refractivity contribution in [3.63, 3.8) is 0 Å². The van der Waals surface area contributed by atoms with Gasteiger partial charge in [-0.1, -0.05) is 24.8 Å². The summed E-state index contributed by atoms with van der Waals surface area (Å²) in [6.07, 6.45) is 3.51. The van der Waals surface area contributed by atoms with Gasteiger partial charge in [0.05, 0.1) is 5.69 Å². The predicted octanol–water partition coefficient (Wildman–Crippen LogP) is 2.16.